The number of aliphatic hydroxyl groups excluding tert-OH is 1. The number of aliphatic hydroxyl groups is 1. The standard InChI is InChI=1S/C14H27NO3/c1-9(2)7-11-12(16)8-10(3)15(11)13(17)18-14(4,5)6/h9-12,16H,7-8H2,1-6H3/t10-,11+,12-/m1/s1. The van der Waals surface area contributed by atoms with Gasteiger partial charge in [-0.15, -0.1) is 0 Å². The van der Waals surface area contributed by atoms with Crippen LogP contribution in [0.1, 0.15) is 54.4 Å². The second-order valence-electron chi connectivity index (χ2n) is 6.74. The fraction of sp³-hybridized carbons (Fsp3) is 0.929. The van der Waals surface area contributed by atoms with Gasteiger partial charge in [0.1, 0.15) is 5.60 Å². The zero-order valence-electron chi connectivity index (χ0n) is 12.4. The summed E-state index contributed by atoms with van der Waals surface area (Å²) in [5, 5.41) is 10.1. The monoisotopic (exact) mass is 257 g/mol. The first-order valence-corrected chi connectivity index (χ1v) is 6.81. The zero-order chi connectivity index (χ0) is 14.1. The van der Waals surface area contributed by atoms with Crippen molar-refractivity contribution in [2.45, 2.75) is 78.2 Å². The largest absolute Gasteiger partial charge is 0.444 e. The summed E-state index contributed by atoms with van der Waals surface area (Å²) in [6.07, 6.45) is 0.702. The van der Waals surface area contributed by atoms with E-state index in [1.807, 2.05) is 27.7 Å². The van der Waals surface area contributed by atoms with Crippen LogP contribution in [-0.2, 0) is 4.74 Å². The Morgan fingerprint density at radius 3 is 2.44 bits per heavy atom. The number of nitrogens with zero attached hydrogens (tertiary/aromatic N) is 1. The van der Waals surface area contributed by atoms with Crippen LogP contribution in [0.3, 0.4) is 0 Å². The van der Waals surface area contributed by atoms with Crippen LogP contribution in [0.2, 0.25) is 0 Å². The lowest BCUT2D eigenvalue weighted by molar-refractivity contribution is 0.00725. The van der Waals surface area contributed by atoms with E-state index in [2.05, 4.69) is 13.8 Å². The smallest absolute Gasteiger partial charge is 0.410 e. The van der Waals surface area contributed by atoms with Crippen LogP contribution >= 0.6 is 0 Å². The van der Waals surface area contributed by atoms with Crippen molar-refractivity contribution >= 4 is 6.09 Å². The first-order chi connectivity index (χ1) is 8.11. The van der Waals surface area contributed by atoms with E-state index in [-0.39, 0.29) is 18.2 Å². The number of hydrogen-bond donors (Lipinski definition) is 1. The molecule has 0 aromatic heterocycles. The number of likely N-dealkylation sites (tertiary alicyclic amines) is 1. The molecule has 1 aliphatic rings. The topological polar surface area (TPSA) is 49.8 Å². The number of amides is 1. The molecule has 18 heavy (non-hydrogen) atoms. The third kappa shape index (κ3) is 3.87. The summed E-state index contributed by atoms with van der Waals surface area (Å²) in [7, 11) is 0. The molecule has 106 valence electrons. The first kappa shape index (κ1) is 15.3. The summed E-state index contributed by atoms with van der Waals surface area (Å²) in [6.45, 7) is 11.7. The summed E-state index contributed by atoms with van der Waals surface area (Å²) in [5.41, 5.74) is -0.493. The predicted molar refractivity (Wildman–Crippen MR) is 71.4 cm³/mol. The lowest BCUT2D eigenvalue weighted by Crippen LogP contribution is -2.45. The van der Waals surface area contributed by atoms with Crippen molar-refractivity contribution in [1.82, 2.24) is 4.90 Å². The lowest BCUT2D eigenvalue weighted by Gasteiger charge is -2.32. The van der Waals surface area contributed by atoms with Crippen molar-refractivity contribution in [3.05, 3.63) is 0 Å². The number of carbonyl (C=O) groups excluding carboxylic acids is 1. The Morgan fingerprint density at radius 1 is 1.44 bits per heavy atom. The minimum absolute atomic E-state index is 0.0404. The molecule has 0 aromatic rings. The predicted octanol–water partition coefficient (Wildman–Crippen LogP) is 2.79. The van der Waals surface area contributed by atoms with Crippen LogP contribution in [0.15, 0.2) is 0 Å². The molecular weight excluding hydrogens is 230 g/mol. The van der Waals surface area contributed by atoms with Gasteiger partial charge in [-0.25, -0.2) is 4.79 Å². The van der Waals surface area contributed by atoms with Crippen molar-refractivity contribution in [2.75, 3.05) is 0 Å². The minimum Gasteiger partial charge on any atom is -0.444 e. The summed E-state index contributed by atoms with van der Waals surface area (Å²) in [4.78, 5) is 13.9. The van der Waals surface area contributed by atoms with Gasteiger partial charge in [0.25, 0.3) is 0 Å². The number of rotatable bonds is 2. The number of hydrogen-bond acceptors (Lipinski definition) is 3. The molecule has 0 aromatic carbocycles. The highest BCUT2D eigenvalue weighted by atomic mass is 16.6. The van der Waals surface area contributed by atoms with Crippen LogP contribution in [-0.4, -0.2) is 39.9 Å². The Hall–Kier alpha value is -0.770. The van der Waals surface area contributed by atoms with Gasteiger partial charge in [-0.1, -0.05) is 13.8 Å². The molecule has 1 aliphatic heterocycles. The van der Waals surface area contributed by atoms with Gasteiger partial charge in [0.2, 0.25) is 0 Å². The van der Waals surface area contributed by atoms with Crippen molar-refractivity contribution in [3.8, 4) is 0 Å². The van der Waals surface area contributed by atoms with Gasteiger partial charge in [0.05, 0.1) is 12.1 Å². The molecule has 1 fully saturated rings. The fourth-order valence-electron chi connectivity index (χ4n) is 2.52. The van der Waals surface area contributed by atoms with Gasteiger partial charge in [0, 0.05) is 6.04 Å². The van der Waals surface area contributed by atoms with E-state index in [4.69, 9.17) is 4.74 Å². The van der Waals surface area contributed by atoms with Crippen molar-refractivity contribution < 1.29 is 14.6 Å². The third-order valence-corrected chi connectivity index (χ3v) is 3.18. The van der Waals surface area contributed by atoms with Crippen molar-refractivity contribution in [1.29, 1.82) is 0 Å². The van der Waals surface area contributed by atoms with E-state index in [9.17, 15) is 9.90 Å². The Kier molecular flexibility index (Phi) is 4.65. The second kappa shape index (κ2) is 5.47. The van der Waals surface area contributed by atoms with E-state index >= 15 is 0 Å². The molecule has 1 amide bonds. The normalized spacial score (nSPS) is 28.9. The summed E-state index contributed by atoms with van der Waals surface area (Å²) >= 11 is 0. The van der Waals surface area contributed by atoms with E-state index in [0.717, 1.165) is 6.42 Å². The van der Waals surface area contributed by atoms with Crippen molar-refractivity contribution in [2.24, 2.45) is 5.92 Å². The van der Waals surface area contributed by atoms with Gasteiger partial charge in [0.15, 0.2) is 0 Å². The molecule has 1 saturated heterocycles. The molecule has 4 heteroatoms. The molecule has 1 N–H and O–H groups in total. The van der Waals surface area contributed by atoms with Gasteiger partial charge < -0.3 is 9.84 Å². The quantitative estimate of drug-likeness (QED) is 0.827. The SMILES string of the molecule is CC(C)C[C@H]1[C@H](O)C[C@@H](C)N1C(=O)OC(C)(C)C. The second-order valence-corrected chi connectivity index (χ2v) is 6.74. The molecule has 1 rings (SSSR count). The van der Waals surface area contributed by atoms with E-state index in [1.54, 1.807) is 4.90 Å². The van der Waals surface area contributed by atoms with E-state index < -0.39 is 11.7 Å². The molecule has 0 unspecified atom stereocenters. The lowest BCUT2D eigenvalue weighted by atomic mass is 10.00. The Balaban J connectivity index is 2.79. The summed E-state index contributed by atoms with van der Waals surface area (Å²) in [6, 6.07) is -0.0755. The van der Waals surface area contributed by atoms with Gasteiger partial charge in [-0.2, -0.15) is 0 Å². The average Bonchev–Trinajstić information content (AvgIpc) is 2.37. The molecule has 0 spiro atoms. The number of carbonyl (C=O) groups is 1. The minimum atomic E-state index is -0.493. The van der Waals surface area contributed by atoms with Crippen LogP contribution in [0.25, 0.3) is 0 Å². The maximum Gasteiger partial charge on any atom is 0.410 e. The van der Waals surface area contributed by atoms with Gasteiger partial charge in [-0.05, 0) is 46.5 Å². The van der Waals surface area contributed by atoms with Crippen LogP contribution < -0.4 is 0 Å². The molecule has 3 atom stereocenters. The molecule has 0 bridgehead atoms. The highest BCUT2D eigenvalue weighted by Gasteiger charge is 2.42. The highest BCUT2D eigenvalue weighted by Crippen LogP contribution is 2.30. The fourth-order valence-corrected chi connectivity index (χ4v) is 2.52. The zero-order valence-corrected chi connectivity index (χ0v) is 12.4. The van der Waals surface area contributed by atoms with Crippen LogP contribution in [0.5, 0.6) is 0 Å². The Bertz CT molecular complexity index is 296. The van der Waals surface area contributed by atoms with Gasteiger partial charge >= 0.3 is 6.09 Å². The summed E-state index contributed by atoms with van der Waals surface area (Å²) in [5.74, 6) is 0.444. The van der Waals surface area contributed by atoms with Crippen molar-refractivity contribution in [3.63, 3.8) is 0 Å². The molecule has 4 nitrogen and oxygen atoms in total. The van der Waals surface area contributed by atoms with E-state index in [0.29, 0.717) is 12.3 Å². The van der Waals surface area contributed by atoms with Crippen LogP contribution in [0, 0.1) is 5.92 Å². The maximum atomic E-state index is 12.2. The third-order valence-electron chi connectivity index (χ3n) is 3.18. The molecule has 0 saturated carbocycles. The maximum absolute atomic E-state index is 12.2. The summed E-state index contributed by atoms with van der Waals surface area (Å²) < 4.78 is 5.43. The Labute approximate surface area is 110 Å². The first-order valence-electron chi connectivity index (χ1n) is 6.81. The molecule has 0 radical (unpaired) electrons. The molecular formula is C14H27NO3. The van der Waals surface area contributed by atoms with Crippen LogP contribution in [0.4, 0.5) is 4.79 Å². The number of ether oxygens (including phenoxy) is 1. The average molecular weight is 257 g/mol. The molecule has 1 heterocycles. The van der Waals surface area contributed by atoms with E-state index in [1.165, 1.54) is 0 Å². The highest BCUT2D eigenvalue weighted by molar-refractivity contribution is 5.69. The van der Waals surface area contributed by atoms with Gasteiger partial charge in [-0.3, -0.25) is 4.90 Å². The Morgan fingerprint density at radius 2 is 2.00 bits per heavy atom. The molecule has 0 aliphatic carbocycles.